The summed E-state index contributed by atoms with van der Waals surface area (Å²) in [4.78, 5) is 17.1. The maximum absolute atomic E-state index is 11.2. The van der Waals surface area contributed by atoms with Crippen LogP contribution in [0.4, 0.5) is 11.5 Å². The summed E-state index contributed by atoms with van der Waals surface area (Å²) in [6.07, 6.45) is 2.57. The van der Waals surface area contributed by atoms with Gasteiger partial charge in [0, 0.05) is 24.5 Å². The largest absolute Gasteiger partial charge is 0.468 e. The predicted octanol–water partition coefficient (Wildman–Crippen LogP) is 1.05. The molecule has 0 amide bonds. The average molecular weight is 223 g/mol. The number of hydrogen-bond acceptors (Lipinski definition) is 5. The van der Waals surface area contributed by atoms with Crippen LogP contribution in [0.25, 0.3) is 0 Å². The zero-order chi connectivity index (χ0) is 12.0. The molecule has 0 saturated heterocycles. The Morgan fingerprint density at radius 2 is 2.38 bits per heavy atom. The van der Waals surface area contributed by atoms with Gasteiger partial charge in [-0.1, -0.05) is 6.92 Å². The van der Waals surface area contributed by atoms with E-state index in [9.17, 15) is 4.79 Å². The number of nitrogen functional groups attached to an aromatic ring is 1. The first-order chi connectivity index (χ1) is 7.67. The molecule has 1 aromatic heterocycles. The van der Waals surface area contributed by atoms with Crippen LogP contribution in [0, 0.1) is 0 Å². The number of nitrogens with two attached hydrogens (primary N) is 1. The van der Waals surface area contributed by atoms with E-state index in [1.807, 2.05) is 11.0 Å². The Balaban J connectivity index is 2.80. The van der Waals surface area contributed by atoms with Crippen molar-refractivity contribution in [1.82, 2.24) is 4.98 Å². The quantitative estimate of drug-likeness (QED) is 0.756. The van der Waals surface area contributed by atoms with Crippen molar-refractivity contribution in [3.05, 3.63) is 18.3 Å². The number of carbonyl (C=O) groups excluding carboxylic acids is 1. The molecule has 16 heavy (non-hydrogen) atoms. The topological polar surface area (TPSA) is 68.5 Å². The van der Waals surface area contributed by atoms with Gasteiger partial charge in [0.1, 0.15) is 12.4 Å². The standard InChI is InChI=1S/C11H17N3O2/c1-3-6-14(8-11(15)16-2)9-4-5-13-10(12)7-9/h4-5,7H,3,6,8H2,1-2H3,(H2,12,13). The summed E-state index contributed by atoms with van der Waals surface area (Å²) in [6.45, 7) is 3.06. The van der Waals surface area contributed by atoms with E-state index in [0.29, 0.717) is 5.82 Å². The molecule has 5 heteroatoms. The lowest BCUT2D eigenvalue weighted by Gasteiger charge is -2.22. The Hall–Kier alpha value is -1.78. The Morgan fingerprint density at radius 3 is 2.94 bits per heavy atom. The third-order valence-electron chi connectivity index (χ3n) is 2.17. The van der Waals surface area contributed by atoms with Crippen molar-refractivity contribution in [3.63, 3.8) is 0 Å². The fourth-order valence-electron chi connectivity index (χ4n) is 1.42. The number of esters is 1. The number of nitrogens with zero attached hydrogens (tertiary/aromatic N) is 2. The van der Waals surface area contributed by atoms with Crippen molar-refractivity contribution in [2.75, 3.05) is 30.8 Å². The van der Waals surface area contributed by atoms with E-state index in [0.717, 1.165) is 18.7 Å². The lowest BCUT2D eigenvalue weighted by atomic mass is 10.3. The lowest BCUT2D eigenvalue weighted by Crippen LogP contribution is -2.31. The van der Waals surface area contributed by atoms with Crippen LogP contribution in [0.2, 0.25) is 0 Å². The van der Waals surface area contributed by atoms with Gasteiger partial charge in [-0.25, -0.2) is 4.98 Å². The van der Waals surface area contributed by atoms with Gasteiger partial charge in [-0.3, -0.25) is 4.79 Å². The van der Waals surface area contributed by atoms with Crippen LogP contribution in [0.1, 0.15) is 13.3 Å². The minimum Gasteiger partial charge on any atom is -0.468 e. The van der Waals surface area contributed by atoms with Crippen molar-refractivity contribution < 1.29 is 9.53 Å². The maximum Gasteiger partial charge on any atom is 0.325 e. The maximum atomic E-state index is 11.2. The Morgan fingerprint density at radius 1 is 1.62 bits per heavy atom. The van der Waals surface area contributed by atoms with Crippen molar-refractivity contribution in [2.45, 2.75) is 13.3 Å². The highest BCUT2D eigenvalue weighted by Crippen LogP contribution is 2.15. The number of anilines is 2. The van der Waals surface area contributed by atoms with E-state index in [-0.39, 0.29) is 12.5 Å². The van der Waals surface area contributed by atoms with Gasteiger partial charge in [0.05, 0.1) is 7.11 Å². The van der Waals surface area contributed by atoms with Crippen molar-refractivity contribution in [2.24, 2.45) is 0 Å². The van der Waals surface area contributed by atoms with Crippen LogP contribution in [0.3, 0.4) is 0 Å². The molecule has 0 fully saturated rings. The van der Waals surface area contributed by atoms with Gasteiger partial charge in [-0.2, -0.15) is 0 Å². The van der Waals surface area contributed by atoms with E-state index in [4.69, 9.17) is 5.73 Å². The summed E-state index contributed by atoms with van der Waals surface area (Å²) in [6, 6.07) is 3.58. The van der Waals surface area contributed by atoms with Crippen LogP contribution < -0.4 is 10.6 Å². The van der Waals surface area contributed by atoms with Crippen LogP contribution in [0.5, 0.6) is 0 Å². The summed E-state index contributed by atoms with van der Waals surface area (Å²) < 4.78 is 4.65. The molecule has 0 aliphatic carbocycles. The molecular formula is C11H17N3O2. The second kappa shape index (κ2) is 5.95. The average Bonchev–Trinajstić information content (AvgIpc) is 2.28. The summed E-state index contributed by atoms with van der Waals surface area (Å²) >= 11 is 0. The zero-order valence-electron chi connectivity index (χ0n) is 9.64. The molecule has 0 atom stereocenters. The first-order valence-electron chi connectivity index (χ1n) is 5.20. The van der Waals surface area contributed by atoms with Gasteiger partial charge < -0.3 is 15.4 Å². The molecule has 0 aliphatic rings. The lowest BCUT2D eigenvalue weighted by molar-refractivity contribution is -0.138. The predicted molar refractivity (Wildman–Crippen MR) is 63.2 cm³/mol. The number of pyridine rings is 1. The van der Waals surface area contributed by atoms with Crippen LogP contribution in [-0.2, 0) is 9.53 Å². The SMILES string of the molecule is CCCN(CC(=O)OC)c1ccnc(N)c1. The Labute approximate surface area is 95.2 Å². The Kier molecular flexibility index (Phi) is 4.57. The molecule has 1 aromatic rings. The molecular weight excluding hydrogens is 206 g/mol. The third kappa shape index (κ3) is 3.42. The summed E-state index contributed by atoms with van der Waals surface area (Å²) in [7, 11) is 1.38. The fraction of sp³-hybridized carbons (Fsp3) is 0.455. The third-order valence-corrected chi connectivity index (χ3v) is 2.17. The minimum atomic E-state index is -0.260. The summed E-state index contributed by atoms with van der Waals surface area (Å²) in [5, 5.41) is 0. The van der Waals surface area contributed by atoms with Gasteiger partial charge in [0.15, 0.2) is 0 Å². The molecule has 88 valence electrons. The number of rotatable bonds is 5. The monoisotopic (exact) mass is 223 g/mol. The number of carbonyl (C=O) groups is 1. The highest BCUT2D eigenvalue weighted by Gasteiger charge is 2.11. The summed E-state index contributed by atoms with van der Waals surface area (Å²) in [5.74, 6) is 0.187. The van der Waals surface area contributed by atoms with E-state index < -0.39 is 0 Å². The second-order valence-corrected chi connectivity index (χ2v) is 3.44. The molecule has 1 heterocycles. The number of hydrogen-bond donors (Lipinski definition) is 1. The fourth-order valence-corrected chi connectivity index (χ4v) is 1.42. The van der Waals surface area contributed by atoms with Crippen LogP contribution in [-0.4, -0.2) is 31.2 Å². The first kappa shape index (κ1) is 12.3. The number of methoxy groups -OCH3 is 1. The Bertz CT molecular complexity index is 355. The molecule has 0 radical (unpaired) electrons. The normalized spacial score (nSPS) is 9.88. The second-order valence-electron chi connectivity index (χ2n) is 3.44. The van der Waals surface area contributed by atoms with E-state index in [2.05, 4.69) is 16.6 Å². The molecule has 0 unspecified atom stereocenters. The number of ether oxygens (including phenoxy) is 1. The first-order valence-corrected chi connectivity index (χ1v) is 5.20. The molecule has 0 aliphatic heterocycles. The van der Waals surface area contributed by atoms with Gasteiger partial charge in [0.2, 0.25) is 0 Å². The van der Waals surface area contributed by atoms with Crippen LogP contribution in [0.15, 0.2) is 18.3 Å². The van der Waals surface area contributed by atoms with E-state index in [1.165, 1.54) is 7.11 Å². The smallest absolute Gasteiger partial charge is 0.325 e. The van der Waals surface area contributed by atoms with Gasteiger partial charge in [0.25, 0.3) is 0 Å². The van der Waals surface area contributed by atoms with Crippen LogP contribution >= 0.6 is 0 Å². The van der Waals surface area contributed by atoms with Gasteiger partial charge >= 0.3 is 5.97 Å². The van der Waals surface area contributed by atoms with E-state index >= 15 is 0 Å². The molecule has 0 spiro atoms. The molecule has 2 N–H and O–H groups in total. The highest BCUT2D eigenvalue weighted by molar-refractivity contribution is 5.75. The van der Waals surface area contributed by atoms with Crippen molar-refractivity contribution in [3.8, 4) is 0 Å². The molecule has 1 rings (SSSR count). The minimum absolute atomic E-state index is 0.230. The van der Waals surface area contributed by atoms with E-state index in [1.54, 1.807) is 12.3 Å². The number of aromatic nitrogens is 1. The van der Waals surface area contributed by atoms with Gasteiger partial charge in [-0.15, -0.1) is 0 Å². The van der Waals surface area contributed by atoms with Crippen molar-refractivity contribution >= 4 is 17.5 Å². The summed E-state index contributed by atoms with van der Waals surface area (Å²) in [5.41, 5.74) is 6.49. The molecule has 0 aromatic carbocycles. The highest BCUT2D eigenvalue weighted by atomic mass is 16.5. The molecule has 0 bridgehead atoms. The van der Waals surface area contributed by atoms with Crippen molar-refractivity contribution in [1.29, 1.82) is 0 Å². The van der Waals surface area contributed by atoms with Gasteiger partial charge in [-0.05, 0) is 12.5 Å². The zero-order valence-corrected chi connectivity index (χ0v) is 9.64. The molecule has 0 saturated carbocycles. The molecule has 5 nitrogen and oxygen atoms in total.